The molecule has 0 atom stereocenters. The third kappa shape index (κ3) is 5.06. The highest BCUT2D eigenvalue weighted by molar-refractivity contribution is 7.99. The molecule has 0 unspecified atom stereocenters. The van der Waals surface area contributed by atoms with Crippen molar-refractivity contribution < 1.29 is 13.6 Å². The van der Waals surface area contributed by atoms with E-state index in [1.807, 2.05) is 60.7 Å². The molecular weight excluding hydrogens is 482 g/mol. The van der Waals surface area contributed by atoms with Gasteiger partial charge in [0.05, 0.1) is 23.5 Å². The van der Waals surface area contributed by atoms with Crippen molar-refractivity contribution in [2.24, 2.45) is 0 Å². The zero-order valence-electron chi connectivity index (χ0n) is 18.9. The maximum atomic E-state index is 13.9. The summed E-state index contributed by atoms with van der Waals surface area (Å²) in [4.78, 5) is 33.9. The van der Waals surface area contributed by atoms with Crippen molar-refractivity contribution in [3.8, 4) is 11.3 Å². The fourth-order valence-electron chi connectivity index (χ4n) is 3.78. The normalized spacial score (nSPS) is 11.1. The molecule has 5 aromatic rings. The van der Waals surface area contributed by atoms with Gasteiger partial charge in [-0.15, -0.1) is 0 Å². The van der Waals surface area contributed by atoms with Crippen molar-refractivity contribution in [3.63, 3.8) is 0 Å². The number of rotatable bonds is 7. The number of H-pyrrole nitrogens is 1. The van der Waals surface area contributed by atoms with Crippen LogP contribution in [0.2, 0.25) is 0 Å². The van der Waals surface area contributed by atoms with Gasteiger partial charge in [0.2, 0.25) is 5.91 Å². The van der Waals surface area contributed by atoms with Crippen LogP contribution in [-0.2, 0) is 11.3 Å². The summed E-state index contributed by atoms with van der Waals surface area (Å²) in [6.07, 6.45) is 0. The average Bonchev–Trinajstić information content (AvgIpc) is 3.32. The Kier molecular flexibility index (Phi) is 6.64. The molecule has 2 aromatic heterocycles. The zero-order chi connectivity index (χ0) is 25.1. The number of anilines is 1. The van der Waals surface area contributed by atoms with Crippen LogP contribution in [0.5, 0.6) is 0 Å². The molecule has 5 rings (SSSR count). The number of carbonyl (C=O) groups excluding carboxylic acids is 1. The largest absolute Gasteiger partial charge is 0.349 e. The van der Waals surface area contributed by atoms with Crippen LogP contribution in [0.1, 0.15) is 5.56 Å². The van der Waals surface area contributed by atoms with Crippen molar-refractivity contribution in [2.75, 3.05) is 11.1 Å². The van der Waals surface area contributed by atoms with Gasteiger partial charge in [0.25, 0.3) is 5.56 Å². The van der Waals surface area contributed by atoms with Crippen molar-refractivity contribution in [1.82, 2.24) is 14.5 Å². The molecule has 0 spiro atoms. The van der Waals surface area contributed by atoms with E-state index in [0.29, 0.717) is 22.3 Å². The zero-order valence-corrected chi connectivity index (χ0v) is 19.7. The standard InChI is InChI=1S/C27H20F2N4O2S/c28-19-11-12-21(20(29)13-19)30-24(34)16-36-27-32-23-14-22(18-9-5-2-6-10-18)31-25(23)26(35)33(27)15-17-7-3-1-4-8-17/h1-14,31H,15-16H2,(H,30,34). The first-order chi connectivity index (χ1) is 17.5. The lowest BCUT2D eigenvalue weighted by molar-refractivity contribution is -0.113. The van der Waals surface area contributed by atoms with E-state index < -0.39 is 17.5 Å². The molecule has 0 radical (unpaired) electrons. The molecule has 180 valence electrons. The molecule has 0 saturated carbocycles. The number of carbonyl (C=O) groups is 1. The number of halogens is 2. The Hall–Kier alpha value is -4.24. The van der Waals surface area contributed by atoms with Crippen molar-refractivity contribution >= 4 is 34.4 Å². The number of aromatic amines is 1. The molecule has 0 aliphatic rings. The highest BCUT2D eigenvalue weighted by Gasteiger charge is 2.17. The molecule has 3 aromatic carbocycles. The monoisotopic (exact) mass is 502 g/mol. The van der Waals surface area contributed by atoms with Gasteiger partial charge < -0.3 is 10.3 Å². The van der Waals surface area contributed by atoms with Gasteiger partial charge in [-0.1, -0.05) is 72.4 Å². The molecule has 0 aliphatic heterocycles. The maximum absolute atomic E-state index is 13.9. The molecule has 6 nitrogen and oxygen atoms in total. The first kappa shape index (κ1) is 23.5. The Morgan fingerprint density at radius 1 is 0.972 bits per heavy atom. The van der Waals surface area contributed by atoms with Crippen LogP contribution in [0.15, 0.2) is 94.9 Å². The summed E-state index contributed by atoms with van der Waals surface area (Å²) < 4.78 is 28.6. The van der Waals surface area contributed by atoms with Gasteiger partial charge in [-0.25, -0.2) is 13.8 Å². The third-order valence-corrected chi connectivity index (χ3v) is 6.49. The second kappa shape index (κ2) is 10.2. The van der Waals surface area contributed by atoms with Gasteiger partial charge >= 0.3 is 0 Å². The number of benzene rings is 3. The van der Waals surface area contributed by atoms with Crippen molar-refractivity contribution in [1.29, 1.82) is 0 Å². The number of hydrogen-bond acceptors (Lipinski definition) is 4. The van der Waals surface area contributed by atoms with Crippen molar-refractivity contribution in [2.45, 2.75) is 11.7 Å². The molecule has 0 fully saturated rings. The second-order valence-electron chi connectivity index (χ2n) is 8.04. The van der Waals surface area contributed by atoms with E-state index in [0.717, 1.165) is 40.7 Å². The van der Waals surface area contributed by atoms with E-state index in [9.17, 15) is 18.4 Å². The Morgan fingerprint density at radius 3 is 2.42 bits per heavy atom. The topological polar surface area (TPSA) is 79.8 Å². The quantitative estimate of drug-likeness (QED) is 0.229. The lowest BCUT2D eigenvalue weighted by Crippen LogP contribution is -2.25. The van der Waals surface area contributed by atoms with Crippen LogP contribution < -0.4 is 10.9 Å². The minimum atomic E-state index is -0.866. The number of fused-ring (bicyclic) bond motifs is 1. The predicted octanol–water partition coefficient (Wildman–Crippen LogP) is 5.45. The fourth-order valence-corrected chi connectivity index (χ4v) is 4.57. The summed E-state index contributed by atoms with van der Waals surface area (Å²) in [5.41, 5.74) is 3.04. The summed E-state index contributed by atoms with van der Waals surface area (Å²) in [7, 11) is 0. The predicted molar refractivity (Wildman–Crippen MR) is 137 cm³/mol. The molecular formula is C27H20F2N4O2S. The Labute approximate surface area is 209 Å². The van der Waals surface area contributed by atoms with Crippen LogP contribution in [0, 0.1) is 11.6 Å². The van der Waals surface area contributed by atoms with E-state index in [-0.39, 0.29) is 23.5 Å². The van der Waals surface area contributed by atoms with Gasteiger partial charge in [-0.2, -0.15) is 0 Å². The third-order valence-electron chi connectivity index (χ3n) is 5.51. The molecule has 0 aliphatic carbocycles. The average molecular weight is 503 g/mol. The lowest BCUT2D eigenvalue weighted by Gasteiger charge is -2.12. The molecule has 0 bridgehead atoms. The van der Waals surface area contributed by atoms with Crippen LogP contribution in [0.4, 0.5) is 14.5 Å². The van der Waals surface area contributed by atoms with Gasteiger partial charge in [0, 0.05) is 11.8 Å². The summed E-state index contributed by atoms with van der Waals surface area (Å²) in [6.45, 7) is 0.263. The number of nitrogens with zero attached hydrogens (tertiary/aromatic N) is 2. The summed E-state index contributed by atoms with van der Waals surface area (Å²) in [6, 6.07) is 23.8. The first-order valence-corrected chi connectivity index (χ1v) is 12.1. The van der Waals surface area contributed by atoms with E-state index in [1.165, 1.54) is 4.57 Å². The van der Waals surface area contributed by atoms with Crippen LogP contribution in [0.3, 0.4) is 0 Å². The van der Waals surface area contributed by atoms with Crippen LogP contribution >= 0.6 is 11.8 Å². The molecule has 0 saturated heterocycles. The van der Waals surface area contributed by atoms with Gasteiger partial charge in [-0.05, 0) is 29.3 Å². The van der Waals surface area contributed by atoms with Gasteiger partial charge in [0.15, 0.2) is 5.16 Å². The molecule has 1 amide bonds. The summed E-state index contributed by atoms with van der Waals surface area (Å²) in [5.74, 6) is -2.23. The Bertz CT molecular complexity index is 1600. The van der Waals surface area contributed by atoms with E-state index >= 15 is 0 Å². The van der Waals surface area contributed by atoms with Crippen molar-refractivity contribution in [3.05, 3.63) is 112 Å². The minimum absolute atomic E-state index is 0.120. The number of amides is 1. The fraction of sp³-hybridized carbons (Fsp3) is 0.0741. The number of hydrogen-bond donors (Lipinski definition) is 2. The van der Waals surface area contributed by atoms with E-state index in [2.05, 4.69) is 15.3 Å². The number of thioether (sulfide) groups is 1. The van der Waals surface area contributed by atoms with Crippen LogP contribution in [0.25, 0.3) is 22.3 Å². The van der Waals surface area contributed by atoms with E-state index in [1.54, 1.807) is 6.07 Å². The highest BCUT2D eigenvalue weighted by Crippen LogP contribution is 2.25. The first-order valence-electron chi connectivity index (χ1n) is 11.1. The SMILES string of the molecule is O=C(CSc1nc2cc(-c3ccccc3)[nH]c2c(=O)n1Cc1ccccc1)Nc1ccc(F)cc1F. The Balaban J connectivity index is 1.47. The number of nitrogens with one attached hydrogen (secondary N) is 2. The minimum Gasteiger partial charge on any atom is -0.349 e. The molecule has 2 N–H and O–H groups in total. The molecule has 2 heterocycles. The smallest absolute Gasteiger partial charge is 0.278 e. The molecule has 9 heteroatoms. The Morgan fingerprint density at radius 2 is 1.69 bits per heavy atom. The summed E-state index contributed by atoms with van der Waals surface area (Å²) >= 11 is 1.07. The summed E-state index contributed by atoms with van der Waals surface area (Å²) in [5, 5.41) is 2.78. The lowest BCUT2D eigenvalue weighted by atomic mass is 10.2. The van der Waals surface area contributed by atoms with E-state index in [4.69, 9.17) is 0 Å². The highest BCUT2D eigenvalue weighted by atomic mass is 32.2. The van der Waals surface area contributed by atoms with Crippen LogP contribution in [-0.4, -0.2) is 26.2 Å². The van der Waals surface area contributed by atoms with Gasteiger partial charge in [-0.3, -0.25) is 14.2 Å². The second-order valence-corrected chi connectivity index (χ2v) is 8.98. The maximum Gasteiger partial charge on any atom is 0.278 e. The molecule has 36 heavy (non-hydrogen) atoms. The van der Waals surface area contributed by atoms with Gasteiger partial charge in [0.1, 0.15) is 17.2 Å². The number of aromatic nitrogens is 3.